The molecule has 0 aliphatic carbocycles. The van der Waals surface area contributed by atoms with Crippen LogP contribution in [0.1, 0.15) is 24.0 Å². The van der Waals surface area contributed by atoms with Crippen molar-refractivity contribution in [3.05, 3.63) is 47.5 Å². The van der Waals surface area contributed by atoms with Gasteiger partial charge < -0.3 is 5.32 Å². The molecule has 0 bridgehead atoms. The maximum Gasteiger partial charge on any atom is -0.00173 e. The van der Waals surface area contributed by atoms with Crippen LogP contribution in [0.2, 0.25) is 0 Å². The van der Waals surface area contributed by atoms with Crippen LogP contribution in [-0.4, -0.2) is 13.1 Å². The minimum Gasteiger partial charge on any atom is -0.316 e. The number of nitrogens with one attached hydrogen (secondary N) is 1. The van der Waals surface area contributed by atoms with E-state index >= 15 is 0 Å². The number of hydrogen-bond acceptors (Lipinski definition) is 1. The molecule has 0 radical (unpaired) electrons. The van der Waals surface area contributed by atoms with E-state index in [4.69, 9.17) is 0 Å². The summed E-state index contributed by atoms with van der Waals surface area (Å²) in [7, 11) is 0. The van der Waals surface area contributed by atoms with Crippen molar-refractivity contribution < 1.29 is 0 Å². The van der Waals surface area contributed by atoms with Crippen molar-refractivity contribution in [1.29, 1.82) is 0 Å². The zero-order chi connectivity index (χ0) is 12.4. The van der Waals surface area contributed by atoms with E-state index in [2.05, 4.69) is 48.6 Å². The van der Waals surface area contributed by atoms with Gasteiger partial charge in [0, 0.05) is 0 Å². The van der Waals surface area contributed by atoms with E-state index in [0.717, 1.165) is 5.92 Å². The van der Waals surface area contributed by atoms with E-state index in [1.54, 1.807) is 0 Å². The van der Waals surface area contributed by atoms with E-state index in [9.17, 15) is 0 Å². The van der Waals surface area contributed by atoms with Crippen LogP contribution in [0.4, 0.5) is 0 Å². The molecule has 1 aliphatic rings. The third-order valence-corrected chi connectivity index (χ3v) is 3.98. The van der Waals surface area contributed by atoms with Crippen LogP contribution in [-0.2, 0) is 6.42 Å². The first-order chi connectivity index (χ1) is 8.81. The minimum atomic E-state index is 0.821. The standard InChI is InChI=1S/C17H21N/c1-13-4-6-17-11-14(5-7-16(17)9-13)10-15-3-2-8-18-12-15/h4-7,9,11,15,18H,2-3,8,10,12H2,1H3. The first kappa shape index (κ1) is 11.7. The molecule has 0 spiro atoms. The Morgan fingerprint density at radius 2 is 1.94 bits per heavy atom. The van der Waals surface area contributed by atoms with Crippen molar-refractivity contribution >= 4 is 10.8 Å². The van der Waals surface area contributed by atoms with E-state index < -0.39 is 0 Å². The van der Waals surface area contributed by atoms with Gasteiger partial charge >= 0.3 is 0 Å². The highest BCUT2D eigenvalue weighted by Crippen LogP contribution is 2.21. The molecule has 3 rings (SSSR count). The van der Waals surface area contributed by atoms with Gasteiger partial charge in [0.05, 0.1) is 0 Å². The maximum absolute atomic E-state index is 3.50. The molecule has 2 aromatic carbocycles. The zero-order valence-corrected chi connectivity index (χ0v) is 11.1. The number of hydrogen-bond donors (Lipinski definition) is 1. The molecule has 1 N–H and O–H groups in total. The van der Waals surface area contributed by atoms with E-state index in [-0.39, 0.29) is 0 Å². The fraction of sp³-hybridized carbons (Fsp3) is 0.412. The molecule has 1 unspecified atom stereocenters. The van der Waals surface area contributed by atoms with Gasteiger partial charge in [-0.15, -0.1) is 0 Å². The predicted molar refractivity (Wildman–Crippen MR) is 78.0 cm³/mol. The summed E-state index contributed by atoms with van der Waals surface area (Å²) in [5.41, 5.74) is 2.83. The Balaban J connectivity index is 1.82. The van der Waals surface area contributed by atoms with Gasteiger partial charge in [-0.3, -0.25) is 0 Å². The van der Waals surface area contributed by atoms with Crippen molar-refractivity contribution in [1.82, 2.24) is 5.32 Å². The highest BCUT2D eigenvalue weighted by Gasteiger charge is 2.13. The second-order valence-electron chi connectivity index (χ2n) is 5.60. The first-order valence-electron chi connectivity index (χ1n) is 7.01. The van der Waals surface area contributed by atoms with Crippen LogP contribution in [0.25, 0.3) is 10.8 Å². The Kier molecular flexibility index (Phi) is 3.33. The summed E-state index contributed by atoms with van der Waals surface area (Å²) >= 11 is 0. The Labute approximate surface area is 109 Å². The summed E-state index contributed by atoms with van der Waals surface area (Å²) in [6, 6.07) is 13.6. The maximum atomic E-state index is 3.50. The Hall–Kier alpha value is -1.34. The van der Waals surface area contributed by atoms with Gasteiger partial charge in [-0.05, 0) is 61.5 Å². The van der Waals surface area contributed by atoms with Crippen molar-refractivity contribution in [3.63, 3.8) is 0 Å². The minimum absolute atomic E-state index is 0.821. The molecule has 1 fully saturated rings. The molecule has 0 amide bonds. The van der Waals surface area contributed by atoms with Crippen LogP contribution < -0.4 is 5.32 Å². The summed E-state index contributed by atoms with van der Waals surface area (Å²) in [6.45, 7) is 4.54. The Morgan fingerprint density at radius 3 is 2.78 bits per heavy atom. The number of piperidine rings is 1. The average molecular weight is 239 g/mol. The molecule has 0 saturated carbocycles. The van der Waals surface area contributed by atoms with Gasteiger partial charge in [0.1, 0.15) is 0 Å². The molecule has 1 saturated heterocycles. The van der Waals surface area contributed by atoms with Gasteiger partial charge in [0.25, 0.3) is 0 Å². The summed E-state index contributed by atoms with van der Waals surface area (Å²) in [4.78, 5) is 0. The number of rotatable bonds is 2. The third kappa shape index (κ3) is 2.56. The Morgan fingerprint density at radius 1 is 1.11 bits per heavy atom. The second-order valence-corrected chi connectivity index (χ2v) is 5.60. The predicted octanol–water partition coefficient (Wildman–Crippen LogP) is 3.69. The van der Waals surface area contributed by atoms with Crippen LogP contribution in [0.3, 0.4) is 0 Å². The SMILES string of the molecule is Cc1ccc2cc(CC3CCCNC3)ccc2c1. The lowest BCUT2D eigenvalue weighted by Gasteiger charge is -2.22. The fourth-order valence-electron chi connectivity index (χ4n) is 2.97. The van der Waals surface area contributed by atoms with Gasteiger partial charge in [0.2, 0.25) is 0 Å². The summed E-state index contributed by atoms with van der Waals surface area (Å²) in [6.07, 6.45) is 3.92. The normalized spacial score (nSPS) is 20.2. The summed E-state index contributed by atoms with van der Waals surface area (Å²) < 4.78 is 0. The molecule has 0 aromatic heterocycles. The third-order valence-electron chi connectivity index (χ3n) is 3.98. The van der Waals surface area contributed by atoms with E-state index in [1.165, 1.54) is 54.3 Å². The molecule has 1 heteroatoms. The van der Waals surface area contributed by atoms with Crippen molar-refractivity contribution in [2.24, 2.45) is 5.92 Å². The highest BCUT2D eigenvalue weighted by molar-refractivity contribution is 5.83. The monoisotopic (exact) mass is 239 g/mol. The molecule has 94 valence electrons. The van der Waals surface area contributed by atoms with Crippen LogP contribution in [0, 0.1) is 12.8 Å². The molecular formula is C17H21N. The van der Waals surface area contributed by atoms with E-state index in [0.29, 0.717) is 0 Å². The molecule has 1 aliphatic heterocycles. The summed E-state index contributed by atoms with van der Waals surface area (Å²) in [5, 5.41) is 6.24. The molecule has 18 heavy (non-hydrogen) atoms. The first-order valence-corrected chi connectivity index (χ1v) is 7.01. The van der Waals surface area contributed by atoms with Gasteiger partial charge in [-0.2, -0.15) is 0 Å². The molecule has 1 atom stereocenters. The van der Waals surface area contributed by atoms with Crippen LogP contribution in [0.15, 0.2) is 36.4 Å². The zero-order valence-electron chi connectivity index (χ0n) is 11.1. The number of fused-ring (bicyclic) bond motifs is 1. The average Bonchev–Trinajstić information content (AvgIpc) is 2.40. The Bertz CT molecular complexity index is 538. The van der Waals surface area contributed by atoms with Gasteiger partial charge in [-0.1, -0.05) is 42.0 Å². The van der Waals surface area contributed by atoms with Crippen molar-refractivity contribution in [2.75, 3.05) is 13.1 Å². The van der Waals surface area contributed by atoms with Gasteiger partial charge in [-0.25, -0.2) is 0 Å². The number of benzene rings is 2. The molecule has 2 aromatic rings. The lowest BCUT2D eigenvalue weighted by Crippen LogP contribution is -2.30. The second kappa shape index (κ2) is 5.11. The van der Waals surface area contributed by atoms with Crippen molar-refractivity contribution in [2.45, 2.75) is 26.2 Å². The number of aryl methyl sites for hydroxylation is 1. The smallest absolute Gasteiger partial charge is 0.00173 e. The fourth-order valence-corrected chi connectivity index (χ4v) is 2.97. The highest BCUT2D eigenvalue weighted by atomic mass is 14.9. The molecule has 1 nitrogen and oxygen atoms in total. The largest absolute Gasteiger partial charge is 0.316 e. The topological polar surface area (TPSA) is 12.0 Å². The molecular weight excluding hydrogens is 218 g/mol. The van der Waals surface area contributed by atoms with E-state index in [1.807, 2.05) is 0 Å². The lowest BCUT2D eigenvalue weighted by molar-refractivity contribution is 0.376. The summed E-state index contributed by atoms with van der Waals surface area (Å²) in [5.74, 6) is 0.821. The quantitative estimate of drug-likeness (QED) is 0.842. The van der Waals surface area contributed by atoms with Crippen LogP contribution >= 0.6 is 0 Å². The van der Waals surface area contributed by atoms with Crippen LogP contribution in [0.5, 0.6) is 0 Å². The lowest BCUT2D eigenvalue weighted by atomic mass is 9.91. The van der Waals surface area contributed by atoms with Gasteiger partial charge in [0.15, 0.2) is 0 Å². The molecule has 1 heterocycles. The van der Waals surface area contributed by atoms with Crippen molar-refractivity contribution in [3.8, 4) is 0 Å².